The minimum absolute atomic E-state index is 0.234. The van der Waals surface area contributed by atoms with Gasteiger partial charge in [-0.3, -0.25) is 0 Å². The Morgan fingerprint density at radius 2 is 1.68 bits per heavy atom. The largest absolute Gasteiger partial charge is 0.333 e. The van der Waals surface area contributed by atoms with Crippen molar-refractivity contribution < 1.29 is 0 Å². The fourth-order valence-corrected chi connectivity index (χ4v) is 15.1. The molecular formula is C55H54N2S2. The van der Waals surface area contributed by atoms with Crippen LogP contribution in [0.5, 0.6) is 0 Å². The summed E-state index contributed by atoms with van der Waals surface area (Å²) < 4.78 is 1.44. The average Bonchev–Trinajstić information content (AvgIpc) is 3.57. The van der Waals surface area contributed by atoms with Crippen molar-refractivity contribution in [3.05, 3.63) is 183 Å². The molecule has 0 saturated heterocycles. The highest BCUT2D eigenvalue weighted by molar-refractivity contribution is 8.03. The molecule has 1 aromatic heterocycles. The maximum Gasteiger partial charge on any atom is 0.0598 e. The van der Waals surface area contributed by atoms with Crippen molar-refractivity contribution in [2.75, 3.05) is 15.6 Å². The normalized spacial score (nSPS) is 32.3. The highest BCUT2D eigenvalue weighted by Gasteiger charge is 2.48. The van der Waals surface area contributed by atoms with E-state index in [1.807, 2.05) is 11.3 Å². The van der Waals surface area contributed by atoms with Gasteiger partial charge in [-0.05, 0) is 110 Å². The Balaban J connectivity index is 0.959. The van der Waals surface area contributed by atoms with Crippen LogP contribution in [0.25, 0.3) is 16.2 Å². The van der Waals surface area contributed by atoms with Gasteiger partial charge >= 0.3 is 0 Å². The molecule has 2 heterocycles. The lowest BCUT2D eigenvalue weighted by Crippen LogP contribution is -2.49. The highest BCUT2D eigenvalue weighted by Crippen LogP contribution is 2.56. The molecule has 0 radical (unpaired) electrons. The van der Waals surface area contributed by atoms with Crippen molar-refractivity contribution in [1.29, 1.82) is 0 Å². The van der Waals surface area contributed by atoms with Gasteiger partial charge in [-0.15, -0.1) is 23.1 Å². The molecule has 3 aromatic rings. The number of anilines is 2. The maximum absolute atomic E-state index is 2.79. The number of hydrogen-bond acceptors (Lipinski definition) is 4. The molecule has 0 spiro atoms. The van der Waals surface area contributed by atoms with Crippen molar-refractivity contribution in [3.8, 4) is 0 Å². The first kappa shape index (κ1) is 36.4. The van der Waals surface area contributed by atoms with Crippen molar-refractivity contribution in [3.63, 3.8) is 0 Å². The number of thioether (sulfide) groups is 1. The van der Waals surface area contributed by atoms with Gasteiger partial charge in [-0.2, -0.15) is 0 Å². The summed E-state index contributed by atoms with van der Waals surface area (Å²) in [6.07, 6.45) is 49.2. The standard InChI is InChI=1S/C55H54N2S2/c1-35-22-24-38-34-58-54-43(41(38)29-23-35)17-10-19-49(54)56(39-12-4-2-5-13-39)47-32-27-36-26-31-46-48(33-28-37-25-30-45(47)52(36)53(37)46)57(40-14-6-3-7-15-40)50-20-11-18-44-42-16-8-9-21-51(42)59-55(44)50/h2-8,11-14,16,18-20,22,24-27,30-33,35-38,40-41,45,47,52H,9-10,15,17,21,23,28-29,34H2,1H3/t35-,36?,37?,38?,40?,41?,45?,47?,52?/m0/s1. The molecule has 2 nitrogen and oxygen atoms in total. The van der Waals surface area contributed by atoms with E-state index in [9.17, 15) is 0 Å². The van der Waals surface area contributed by atoms with Crippen LogP contribution in [0.4, 0.5) is 11.4 Å². The zero-order valence-electron chi connectivity index (χ0n) is 34.1. The van der Waals surface area contributed by atoms with E-state index in [0.717, 1.165) is 32.1 Å². The second-order valence-corrected chi connectivity index (χ2v) is 20.5. The van der Waals surface area contributed by atoms with E-state index < -0.39 is 0 Å². The van der Waals surface area contributed by atoms with Gasteiger partial charge in [0.05, 0.1) is 28.2 Å². The zero-order chi connectivity index (χ0) is 39.0. The molecule has 0 N–H and O–H groups in total. The number of fused-ring (bicyclic) bond motifs is 5. The Hall–Kier alpha value is -4.51. The van der Waals surface area contributed by atoms with Crippen LogP contribution >= 0.6 is 23.1 Å². The van der Waals surface area contributed by atoms with Crippen molar-refractivity contribution in [2.45, 2.75) is 70.4 Å². The highest BCUT2D eigenvalue weighted by atomic mass is 32.2. The number of allylic oxidation sites excluding steroid dienone is 13. The summed E-state index contributed by atoms with van der Waals surface area (Å²) >= 11 is 4.19. The number of hydrogen-bond donors (Lipinski definition) is 0. The monoisotopic (exact) mass is 806 g/mol. The Kier molecular flexibility index (Phi) is 9.17. The van der Waals surface area contributed by atoms with Crippen LogP contribution in [0, 0.1) is 41.4 Å². The molecule has 2 aromatic carbocycles. The zero-order valence-corrected chi connectivity index (χ0v) is 35.8. The lowest BCUT2D eigenvalue weighted by molar-refractivity contribution is 0.306. The van der Waals surface area contributed by atoms with Gasteiger partial charge in [0.25, 0.3) is 0 Å². The Bertz CT molecular complexity index is 2550. The average molecular weight is 807 g/mol. The topological polar surface area (TPSA) is 6.48 Å². The molecule has 59 heavy (non-hydrogen) atoms. The Morgan fingerprint density at radius 3 is 2.59 bits per heavy atom. The van der Waals surface area contributed by atoms with E-state index in [0.29, 0.717) is 41.4 Å². The molecule has 12 rings (SSSR count). The lowest BCUT2D eigenvalue weighted by Gasteiger charge is -2.51. The molecule has 4 heteroatoms. The van der Waals surface area contributed by atoms with Crippen molar-refractivity contribution >= 4 is 50.6 Å². The van der Waals surface area contributed by atoms with Crippen molar-refractivity contribution in [1.82, 2.24) is 0 Å². The van der Waals surface area contributed by atoms with E-state index in [1.54, 1.807) is 20.9 Å². The van der Waals surface area contributed by atoms with E-state index >= 15 is 0 Å². The maximum atomic E-state index is 2.79. The predicted octanol–water partition coefficient (Wildman–Crippen LogP) is 14.1. The third-order valence-corrected chi connectivity index (χ3v) is 17.6. The quantitative estimate of drug-likeness (QED) is 0.229. The van der Waals surface area contributed by atoms with Crippen LogP contribution in [-0.4, -0.2) is 17.8 Å². The first-order valence-electron chi connectivity index (χ1n) is 22.6. The molecule has 0 amide bonds. The number of aryl methyl sites for hydroxylation is 1. The van der Waals surface area contributed by atoms with Gasteiger partial charge in [-0.1, -0.05) is 140 Å². The molecule has 0 saturated carbocycles. The van der Waals surface area contributed by atoms with Crippen LogP contribution in [0.2, 0.25) is 0 Å². The number of rotatable bonds is 6. The molecule has 0 bridgehead atoms. The minimum atomic E-state index is 0.234. The number of para-hydroxylation sites is 1. The smallest absolute Gasteiger partial charge is 0.0598 e. The van der Waals surface area contributed by atoms with E-state index in [4.69, 9.17) is 0 Å². The summed E-state index contributed by atoms with van der Waals surface area (Å²) in [5, 5.41) is 1.42. The molecule has 0 fully saturated rings. The van der Waals surface area contributed by atoms with Crippen LogP contribution in [0.15, 0.2) is 173 Å². The molecule has 8 aliphatic carbocycles. The number of thiophene rings is 1. The number of benzene rings is 2. The van der Waals surface area contributed by atoms with Gasteiger partial charge in [0, 0.05) is 50.1 Å². The number of nitrogens with zero attached hydrogens (tertiary/aromatic N) is 2. The van der Waals surface area contributed by atoms with E-state index in [2.05, 4.69) is 174 Å². The molecule has 1 aliphatic heterocycles. The van der Waals surface area contributed by atoms with Crippen molar-refractivity contribution in [2.24, 2.45) is 41.4 Å². The van der Waals surface area contributed by atoms with Gasteiger partial charge < -0.3 is 9.80 Å². The third-order valence-electron chi connectivity index (χ3n) is 15.0. The molecule has 9 aliphatic rings. The van der Waals surface area contributed by atoms with E-state index in [1.165, 1.54) is 69.0 Å². The van der Waals surface area contributed by atoms with Crippen LogP contribution in [0.3, 0.4) is 0 Å². The summed E-state index contributed by atoms with van der Waals surface area (Å²) in [5.74, 6) is 4.88. The lowest BCUT2D eigenvalue weighted by atomic mass is 9.59. The molecule has 9 atom stereocenters. The van der Waals surface area contributed by atoms with Gasteiger partial charge in [0.15, 0.2) is 0 Å². The first-order chi connectivity index (χ1) is 29.2. The fraction of sp³-hybridized carbons (Fsp3) is 0.345. The van der Waals surface area contributed by atoms with Crippen LogP contribution < -0.4 is 9.80 Å². The summed E-state index contributed by atoms with van der Waals surface area (Å²) in [6, 6.07) is 19.0. The summed E-state index contributed by atoms with van der Waals surface area (Å²) in [7, 11) is 0. The second-order valence-electron chi connectivity index (χ2n) is 18.3. The minimum Gasteiger partial charge on any atom is -0.333 e. The van der Waals surface area contributed by atoms with Gasteiger partial charge in [0.1, 0.15) is 0 Å². The second kappa shape index (κ2) is 14.9. The summed E-state index contributed by atoms with van der Waals surface area (Å²) in [5.41, 5.74) is 11.9. The summed E-state index contributed by atoms with van der Waals surface area (Å²) in [6.45, 7) is 2.41. The Labute approximate surface area is 359 Å². The first-order valence-corrected chi connectivity index (χ1v) is 24.4. The van der Waals surface area contributed by atoms with E-state index in [-0.39, 0.29) is 12.1 Å². The molecular weight excluding hydrogens is 753 g/mol. The fourth-order valence-electron chi connectivity index (χ4n) is 12.3. The van der Waals surface area contributed by atoms with Gasteiger partial charge in [-0.25, -0.2) is 0 Å². The van der Waals surface area contributed by atoms with Crippen LogP contribution in [0.1, 0.15) is 62.3 Å². The van der Waals surface area contributed by atoms with Gasteiger partial charge in [0.2, 0.25) is 0 Å². The predicted molar refractivity (Wildman–Crippen MR) is 253 cm³/mol. The third kappa shape index (κ3) is 6.02. The molecule has 296 valence electrons. The Morgan fingerprint density at radius 1 is 0.729 bits per heavy atom. The molecule has 8 unspecified atom stereocenters. The van der Waals surface area contributed by atoms with Crippen LogP contribution in [-0.2, 0) is 6.42 Å². The SMILES string of the molecule is C[C@H]1C=CC2CSC3=C(CCC=C3N(c3ccccc3)C3C=CC4C=CC5=C6C(C=CC3C64)CC=C5N(c3cccc4c5c(sc34)CCC=C5)C3C=CC=CC3)C2CC1. The summed E-state index contributed by atoms with van der Waals surface area (Å²) in [4.78, 5) is 8.67.